The number of anilines is 1. The summed E-state index contributed by atoms with van der Waals surface area (Å²) in [5, 5.41) is 2.95. The number of fused-ring (bicyclic) bond motifs is 1. The number of ether oxygens (including phenoxy) is 3. The van der Waals surface area contributed by atoms with Crippen molar-refractivity contribution < 1.29 is 19.0 Å². The molecule has 0 spiro atoms. The van der Waals surface area contributed by atoms with E-state index in [1.54, 1.807) is 54.2 Å². The number of nitrogens with one attached hydrogen (secondary N) is 1. The predicted octanol–water partition coefficient (Wildman–Crippen LogP) is 3.29. The van der Waals surface area contributed by atoms with Gasteiger partial charge in [0.05, 0.1) is 43.2 Å². The maximum atomic E-state index is 13.9. The number of hydrogen-bond donors (Lipinski definition) is 1. The lowest BCUT2D eigenvalue weighted by Gasteiger charge is -2.26. The van der Waals surface area contributed by atoms with Crippen LogP contribution >= 0.6 is 11.3 Å². The molecule has 39 heavy (non-hydrogen) atoms. The Balaban J connectivity index is 1.75. The molecule has 10 heteroatoms. The lowest BCUT2D eigenvalue weighted by Crippen LogP contribution is -2.40. The number of rotatable bonds is 7. The van der Waals surface area contributed by atoms with Crippen molar-refractivity contribution in [1.29, 1.82) is 0 Å². The first kappa shape index (κ1) is 25.9. The van der Waals surface area contributed by atoms with E-state index in [1.807, 2.05) is 30.3 Å². The van der Waals surface area contributed by atoms with Crippen molar-refractivity contribution in [3.8, 4) is 17.2 Å². The topological polar surface area (TPSA) is 104 Å². The standard InChI is InChI=1S/C29H26N4O5S/c1-17-24(27(34)32-20-8-6-5-7-9-20)25(19-15-21(36-2)26(38-4)22(16-19)37-3)33-28(35)23(39-29(33)31-17)14-18-10-12-30-13-11-18/h5-16,25H,1-4H3,(H,32,34)/b23-14-/t25-/m0/s1. The fourth-order valence-corrected chi connectivity index (χ4v) is 5.56. The molecule has 0 saturated heterocycles. The molecule has 0 aliphatic carbocycles. The number of methoxy groups -OCH3 is 3. The van der Waals surface area contributed by atoms with Gasteiger partial charge in [-0.1, -0.05) is 29.5 Å². The first-order valence-corrected chi connectivity index (χ1v) is 12.9. The highest BCUT2D eigenvalue weighted by molar-refractivity contribution is 7.07. The van der Waals surface area contributed by atoms with Crippen molar-refractivity contribution in [2.75, 3.05) is 26.6 Å². The number of para-hydroxylation sites is 1. The second kappa shape index (κ2) is 11.0. The van der Waals surface area contributed by atoms with Gasteiger partial charge in [0, 0.05) is 18.1 Å². The molecule has 1 aliphatic heterocycles. The zero-order chi connectivity index (χ0) is 27.5. The second-order valence-corrected chi connectivity index (χ2v) is 9.65. The molecule has 198 valence electrons. The fourth-order valence-electron chi connectivity index (χ4n) is 4.52. The van der Waals surface area contributed by atoms with Crippen molar-refractivity contribution in [3.63, 3.8) is 0 Å². The maximum absolute atomic E-state index is 13.9. The molecule has 2 aromatic heterocycles. The van der Waals surface area contributed by atoms with Crippen LogP contribution in [0.15, 0.2) is 88.0 Å². The van der Waals surface area contributed by atoms with Crippen molar-refractivity contribution in [1.82, 2.24) is 9.55 Å². The second-order valence-electron chi connectivity index (χ2n) is 8.64. The first-order chi connectivity index (χ1) is 18.9. The number of benzene rings is 2. The van der Waals surface area contributed by atoms with Crippen LogP contribution in [0.4, 0.5) is 5.69 Å². The summed E-state index contributed by atoms with van der Waals surface area (Å²) in [6.45, 7) is 1.77. The summed E-state index contributed by atoms with van der Waals surface area (Å²) in [6.07, 6.45) is 5.12. The predicted molar refractivity (Wildman–Crippen MR) is 149 cm³/mol. The van der Waals surface area contributed by atoms with Gasteiger partial charge in [-0.2, -0.15) is 0 Å². The van der Waals surface area contributed by atoms with Crippen LogP contribution in [0.25, 0.3) is 6.08 Å². The van der Waals surface area contributed by atoms with Crippen LogP contribution in [-0.2, 0) is 4.79 Å². The van der Waals surface area contributed by atoms with E-state index in [9.17, 15) is 9.59 Å². The maximum Gasteiger partial charge on any atom is 0.271 e. The van der Waals surface area contributed by atoms with Gasteiger partial charge in [0.2, 0.25) is 5.75 Å². The highest BCUT2D eigenvalue weighted by atomic mass is 32.1. The Labute approximate surface area is 228 Å². The van der Waals surface area contributed by atoms with E-state index < -0.39 is 6.04 Å². The number of amides is 1. The van der Waals surface area contributed by atoms with Crippen molar-refractivity contribution >= 4 is 29.0 Å². The molecule has 1 N–H and O–H groups in total. The molecule has 9 nitrogen and oxygen atoms in total. The van der Waals surface area contributed by atoms with E-state index >= 15 is 0 Å². The number of pyridine rings is 1. The summed E-state index contributed by atoms with van der Waals surface area (Å²) in [5.41, 5.74) is 2.62. The molecule has 0 unspecified atom stereocenters. The SMILES string of the molecule is COc1cc([C@H]2C(C(=O)Nc3ccccc3)=C(C)N=c3s/c(=C\c4ccncc4)c(=O)n32)cc(OC)c1OC. The lowest BCUT2D eigenvalue weighted by atomic mass is 9.94. The Morgan fingerprint density at radius 3 is 2.28 bits per heavy atom. The Kier molecular flexibility index (Phi) is 7.29. The van der Waals surface area contributed by atoms with E-state index in [4.69, 9.17) is 14.2 Å². The van der Waals surface area contributed by atoms with Crippen LogP contribution in [0.1, 0.15) is 24.1 Å². The zero-order valence-electron chi connectivity index (χ0n) is 21.8. The summed E-state index contributed by atoms with van der Waals surface area (Å²) in [4.78, 5) is 36.9. The smallest absolute Gasteiger partial charge is 0.271 e. The number of aromatic nitrogens is 2. The summed E-state index contributed by atoms with van der Waals surface area (Å²) < 4.78 is 18.7. The largest absolute Gasteiger partial charge is 0.493 e. The highest BCUT2D eigenvalue weighted by Crippen LogP contribution is 2.42. The van der Waals surface area contributed by atoms with Gasteiger partial charge in [-0.25, -0.2) is 4.99 Å². The monoisotopic (exact) mass is 542 g/mol. The summed E-state index contributed by atoms with van der Waals surface area (Å²) in [5.74, 6) is 0.848. The van der Waals surface area contributed by atoms with Crippen molar-refractivity contribution in [2.45, 2.75) is 13.0 Å². The quantitative estimate of drug-likeness (QED) is 0.384. The van der Waals surface area contributed by atoms with Crippen LogP contribution in [-0.4, -0.2) is 36.8 Å². The van der Waals surface area contributed by atoms with Gasteiger partial charge in [0.25, 0.3) is 11.5 Å². The third-order valence-electron chi connectivity index (χ3n) is 6.30. The molecule has 4 aromatic rings. The minimum Gasteiger partial charge on any atom is -0.493 e. The van der Waals surface area contributed by atoms with E-state index in [2.05, 4.69) is 15.3 Å². The molecule has 1 amide bonds. The molecule has 5 rings (SSSR count). The van der Waals surface area contributed by atoms with Gasteiger partial charge in [0.1, 0.15) is 0 Å². The molecular weight excluding hydrogens is 516 g/mol. The number of thiazole rings is 1. The summed E-state index contributed by atoms with van der Waals surface area (Å²) >= 11 is 1.26. The van der Waals surface area contributed by atoms with E-state index in [1.165, 1.54) is 32.7 Å². The van der Waals surface area contributed by atoms with E-state index in [0.717, 1.165) is 5.56 Å². The van der Waals surface area contributed by atoms with E-state index in [0.29, 0.717) is 49.1 Å². The Bertz CT molecular complexity index is 1720. The van der Waals surface area contributed by atoms with Gasteiger partial charge in [-0.3, -0.25) is 19.1 Å². The van der Waals surface area contributed by atoms with Crippen molar-refractivity contribution in [2.24, 2.45) is 4.99 Å². The third-order valence-corrected chi connectivity index (χ3v) is 7.29. The molecular formula is C29H26N4O5S. The Morgan fingerprint density at radius 1 is 1.00 bits per heavy atom. The van der Waals surface area contributed by atoms with Gasteiger partial charge in [-0.15, -0.1) is 0 Å². The molecule has 2 aromatic carbocycles. The van der Waals surface area contributed by atoms with Crippen LogP contribution in [0.2, 0.25) is 0 Å². The van der Waals surface area contributed by atoms with Gasteiger partial charge in [-0.05, 0) is 60.5 Å². The fraction of sp³-hybridized carbons (Fsp3) is 0.172. The average molecular weight is 543 g/mol. The third kappa shape index (κ3) is 4.94. The summed E-state index contributed by atoms with van der Waals surface area (Å²) in [6, 6.07) is 15.5. The number of carbonyl (C=O) groups excluding carboxylic acids is 1. The van der Waals surface area contributed by atoms with Crippen LogP contribution in [0, 0.1) is 0 Å². The van der Waals surface area contributed by atoms with Crippen LogP contribution in [0.3, 0.4) is 0 Å². The zero-order valence-corrected chi connectivity index (χ0v) is 22.6. The number of carbonyl (C=O) groups is 1. The number of hydrogen-bond acceptors (Lipinski definition) is 8. The first-order valence-electron chi connectivity index (χ1n) is 12.0. The highest BCUT2D eigenvalue weighted by Gasteiger charge is 2.34. The van der Waals surface area contributed by atoms with Crippen LogP contribution < -0.4 is 34.4 Å². The van der Waals surface area contributed by atoms with Gasteiger partial charge >= 0.3 is 0 Å². The molecule has 0 fully saturated rings. The number of nitrogens with zero attached hydrogens (tertiary/aromatic N) is 3. The molecule has 1 aliphatic rings. The Hall–Kier alpha value is -4.70. The Morgan fingerprint density at radius 2 is 1.67 bits per heavy atom. The molecule has 0 radical (unpaired) electrons. The molecule has 0 saturated carbocycles. The molecule has 0 bridgehead atoms. The minimum absolute atomic E-state index is 0.271. The van der Waals surface area contributed by atoms with Crippen LogP contribution in [0.5, 0.6) is 17.2 Å². The molecule has 3 heterocycles. The normalized spacial score (nSPS) is 14.9. The van der Waals surface area contributed by atoms with Gasteiger partial charge in [0.15, 0.2) is 16.3 Å². The number of allylic oxidation sites excluding steroid dienone is 1. The van der Waals surface area contributed by atoms with Crippen molar-refractivity contribution in [3.05, 3.63) is 109 Å². The van der Waals surface area contributed by atoms with E-state index in [-0.39, 0.29) is 11.5 Å². The molecule has 1 atom stereocenters. The lowest BCUT2D eigenvalue weighted by molar-refractivity contribution is -0.113. The summed E-state index contributed by atoms with van der Waals surface area (Å²) in [7, 11) is 4.56. The van der Waals surface area contributed by atoms with Gasteiger partial charge < -0.3 is 19.5 Å². The minimum atomic E-state index is -0.807. The average Bonchev–Trinajstić information content (AvgIpc) is 3.26.